The number of hydrogen-bond acceptors (Lipinski definition) is 4. The van der Waals surface area contributed by atoms with Crippen molar-refractivity contribution in [3.63, 3.8) is 0 Å². The third-order valence-electron chi connectivity index (χ3n) is 2.32. The van der Waals surface area contributed by atoms with Crippen molar-refractivity contribution in [2.24, 2.45) is 5.73 Å². The first-order chi connectivity index (χ1) is 7.70. The molecule has 1 heterocycles. The van der Waals surface area contributed by atoms with Gasteiger partial charge in [-0.05, 0) is 24.6 Å². The lowest BCUT2D eigenvalue weighted by atomic mass is 10.2. The molecule has 0 radical (unpaired) electrons. The Morgan fingerprint density at radius 2 is 2.38 bits per heavy atom. The van der Waals surface area contributed by atoms with Gasteiger partial charge in [0, 0.05) is 18.7 Å². The van der Waals surface area contributed by atoms with Gasteiger partial charge in [-0.3, -0.25) is 0 Å². The van der Waals surface area contributed by atoms with Gasteiger partial charge >= 0.3 is 0 Å². The molecule has 1 atom stereocenters. The van der Waals surface area contributed by atoms with Gasteiger partial charge in [-0.1, -0.05) is 11.6 Å². The fourth-order valence-corrected chi connectivity index (χ4v) is 2.60. The summed E-state index contributed by atoms with van der Waals surface area (Å²) in [4.78, 5) is 4.48. The number of ether oxygens (including phenoxy) is 1. The third kappa shape index (κ3) is 2.52. The standard InChI is InChI=1S/C11H13ClN2OS/c1-15-5-4-8(13)11-14-9-6-7(12)2-3-10(9)16-11/h2-3,6,8H,4-5,13H2,1H3. The zero-order valence-electron chi connectivity index (χ0n) is 8.94. The summed E-state index contributed by atoms with van der Waals surface area (Å²) in [6.45, 7) is 0.651. The molecule has 0 amide bonds. The second kappa shape index (κ2) is 5.10. The van der Waals surface area contributed by atoms with Gasteiger partial charge in [-0.25, -0.2) is 4.98 Å². The summed E-state index contributed by atoms with van der Waals surface area (Å²) in [6.07, 6.45) is 0.782. The van der Waals surface area contributed by atoms with E-state index in [4.69, 9.17) is 22.1 Å². The predicted octanol–water partition coefficient (Wildman–Crippen LogP) is 2.99. The number of halogens is 1. The largest absolute Gasteiger partial charge is 0.385 e. The zero-order valence-corrected chi connectivity index (χ0v) is 10.5. The van der Waals surface area contributed by atoms with Crippen LogP contribution in [0.25, 0.3) is 10.2 Å². The number of hydrogen-bond donors (Lipinski definition) is 1. The molecule has 5 heteroatoms. The molecule has 0 aliphatic heterocycles. The van der Waals surface area contributed by atoms with Crippen LogP contribution in [0.3, 0.4) is 0 Å². The molecule has 16 heavy (non-hydrogen) atoms. The minimum Gasteiger partial charge on any atom is -0.385 e. The van der Waals surface area contributed by atoms with Gasteiger partial charge in [-0.2, -0.15) is 0 Å². The summed E-state index contributed by atoms with van der Waals surface area (Å²) >= 11 is 7.52. The van der Waals surface area contributed by atoms with E-state index < -0.39 is 0 Å². The lowest BCUT2D eigenvalue weighted by Crippen LogP contribution is -2.12. The molecule has 0 aliphatic carbocycles. The molecule has 0 fully saturated rings. The molecular weight excluding hydrogens is 244 g/mol. The number of methoxy groups -OCH3 is 1. The lowest BCUT2D eigenvalue weighted by Gasteiger charge is -2.06. The third-order valence-corrected chi connectivity index (χ3v) is 3.72. The highest BCUT2D eigenvalue weighted by Crippen LogP contribution is 2.28. The molecule has 0 aliphatic rings. The molecule has 3 nitrogen and oxygen atoms in total. The highest BCUT2D eigenvalue weighted by molar-refractivity contribution is 7.18. The van der Waals surface area contributed by atoms with E-state index in [-0.39, 0.29) is 6.04 Å². The number of fused-ring (bicyclic) bond motifs is 1. The maximum Gasteiger partial charge on any atom is 0.111 e. The zero-order chi connectivity index (χ0) is 11.5. The first kappa shape index (κ1) is 11.8. The Labute approximate surface area is 103 Å². The van der Waals surface area contributed by atoms with E-state index in [1.807, 2.05) is 18.2 Å². The minimum atomic E-state index is -0.0591. The highest BCUT2D eigenvalue weighted by Gasteiger charge is 2.11. The highest BCUT2D eigenvalue weighted by atomic mass is 35.5. The van der Waals surface area contributed by atoms with E-state index in [9.17, 15) is 0 Å². The van der Waals surface area contributed by atoms with Gasteiger partial charge in [0.1, 0.15) is 5.01 Å². The lowest BCUT2D eigenvalue weighted by molar-refractivity contribution is 0.188. The smallest absolute Gasteiger partial charge is 0.111 e. The Morgan fingerprint density at radius 3 is 3.12 bits per heavy atom. The Balaban J connectivity index is 2.25. The van der Waals surface area contributed by atoms with Gasteiger partial charge in [0.2, 0.25) is 0 Å². The average Bonchev–Trinajstić information content (AvgIpc) is 2.68. The molecular formula is C11H13ClN2OS. The second-order valence-corrected chi connectivity index (χ2v) is 5.05. The van der Waals surface area contributed by atoms with E-state index in [0.29, 0.717) is 11.6 Å². The van der Waals surface area contributed by atoms with Crippen molar-refractivity contribution in [2.45, 2.75) is 12.5 Å². The van der Waals surface area contributed by atoms with Crippen LogP contribution >= 0.6 is 22.9 Å². The van der Waals surface area contributed by atoms with Crippen LogP contribution in [0.5, 0.6) is 0 Å². The van der Waals surface area contributed by atoms with E-state index >= 15 is 0 Å². The fraction of sp³-hybridized carbons (Fsp3) is 0.364. The van der Waals surface area contributed by atoms with E-state index in [1.54, 1.807) is 18.4 Å². The van der Waals surface area contributed by atoms with E-state index in [0.717, 1.165) is 21.6 Å². The molecule has 1 aromatic carbocycles. The summed E-state index contributed by atoms with van der Waals surface area (Å²) in [6, 6.07) is 5.64. The minimum absolute atomic E-state index is 0.0591. The van der Waals surface area contributed by atoms with Crippen molar-refractivity contribution in [1.82, 2.24) is 4.98 Å². The van der Waals surface area contributed by atoms with E-state index in [2.05, 4.69) is 4.98 Å². The summed E-state index contributed by atoms with van der Waals surface area (Å²) < 4.78 is 6.12. The van der Waals surface area contributed by atoms with Crippen LogP contribution in [0.2, 0.25) is 5.02 Å². The Kier molecular flexibility index (Phi) is 3.76. The molecule has 1 aromatic heterocycles. The van der Waals surface area contributed by atoms with Crippen molar-refractivity contribution in [1.29, 1.82) is 0 Å². The first-order valence-corrected chi connectivity index (χ1v) is 6.20. The van der Waals surface area contributed by atoms with Crippen molar-refractivity contribution < 1.29 is 4.74 Å². The van der Waals surface area contributed by atoms with Crippen molar-refractivity contribution in [3.8, 4) is 0 Å². The van der Waals surface area contributed by atoms with Gasteiger partial charge in [0.15, 0.2) is 0 Å². The van der Waals surface area contributed by atoms with Crippen molar-refractivity contribution >= 4 is 33.2 Å². The normalized spacial score (nSPS) is 13.2. The molecule has 0 saturated heterocycles. The Hall–Kier alpha value is -0.680. The fourth-order valence-electron chi connectivity index (χ4n) is 1.45. The maximum absolute atomic E-state index is 6.02. The van der Waals surface area contributed by atoms with E-state index in [1.165, 1.54) is 0 Å². The van der Waals surface area contributed by atoms with Gasteiger partial charge < -0.3 is 10.5 Å². The first-order valence-electron chi connectivity index (χ1n) is 5.01. The van der Waals surface area contributed by atoms with Crippen LogP contribution in [0, 0.1) is 0 Å². The molecule has 0 bridgehead atoms. The molecule has 1 unspecified atom stereocenters. The topological polar surface area (TPSA) is 48.1 Å². The molecule has 0 saturated carbocycles. The number of nitrogens with zero attached hydrogens (tertiary/aromatic N) is 1. The molecule has 2 N–H and O–H groups in total. The van der Waals surface area contributed by atoms with Gasteiger partial charge in [0.05, 0.1) is 16.3 Å². The number of thiazole rings is 1. The van der Waals surface area contributed by atoms with Gasteiger partial charge in [-0.15, -0.1) is 11.3 Å². The molecule has 2 aromatic rings. The summed E-state index contributed by atoms with van der Waals surface area (Å²) in [5.41, 5.74) is 6.93. The Morgan fingerprint density at radius 1 is 1.56 bits per heavy atom. The van der Waals surface area contributed by atoms with Crippen LogP contribution in [-0.2, 0) is 4.74 Å². The molecule has 86 valence electrons. The molecule has 2 rings (SSSR count). The number of benzene rings is 1. The second-order valence-electron chi connectivity index (χ2n) is 3.55. The van der Waals surface area contributed by atoms with Crippen LogP contribution < -0.4 is 5.73 Å². The summed E-state index contributed by atoms with van der Waals surface area (Å²) in [5, 5.41) is 1.64. The number of aromatic nitrogens is 1. The number of nitrogens with two attached hydrogens (primary N) is 1. The summed E-state index contributed by atoms with van der Waals surface area (Å²) in [5.74, 6) is 0. The quantitative estimate of drug-likeness (QED) is 0.915. The van der Waals surface area contributed by atoms with Crippen molar-refractivity contribution in [3.05, 3.63) is 28.2 Å². The van der Waals surface area contributed by atoms with Crippen LogP contribution in [0.4, 0.5) is 0 Å². The maximum atomic E-state index is 6.02. The SMILES string of the molecule is COCCC(N)c1nc2cc(Cl)ccc2s1. The molecule has 0 spiro atoms. The van der Waals surface area contributed by atoms with Gasteiger partial charge in [0.25, 0.3) is 0 Å². The van der Waals surface area contributed by atoms with Crippen molar-refractivity contribution in [2.75, 3.05) is 13.7 Å². The Bertz CT molecular complexity index is 486. The van der Waals surface area contributed by atoms with Crippen LogP contribution in [-0.4, -0.2) is 18.7 Å². The predicted molar refractivity (Wildman–Crippen MR) is 68.1 cm³/mol. The van der Waals surface area contributed by atoms with Crippen LogP contribution in [0.15, 0.2) is 18.2 Å². The monoisotopic (exact) mass is 256 g/mol. The van der Waals surface area contributed by atoms with Crippen LogP contribution in [0.1, 0.15) is 17.5 Å². The average molecular weight is 257 g/mol. The summed E-state index contributed by atoms with van der Waals surface area (Å²) in [7, 11) is 1.67. The number of rotatable bonds is 4.